The van der Waals surface area contributed by atoms with Gasteiger partial charge in [0.05, 0.1) is 10.6 Å². The molecule has 0 aliphatic rings. The molecule has 96 valence electrons. The zero-order valence-electron chi connectivity index (χ0n) is 10.7. The van der Waals surface area contributed by atoms with Gasteiger partial charge in [0.15, 0.2) is 5.69 Å². The van der Waals surface area contributed by atoms with E-state index in [1.165, 1.54) is 6.07 Å². The Morgan fingerprint density at radius 3 is 2.21 bits per heavy atom. The van der Waals surface area contributed by atoms with Crippen LogP contribution in [-0.2, 0) is 0 Å². The van der Waals surface area contributed by atoms with Crippen molar-refractivity contribution in [2.75, 3.05) is 0 Å². The van der Waals surface area contributed by atoms with Crippen molar-refractivity contribution in [2.24, 2.45) is 10.2 Å². The van der Waals surface area contributed by atoms with Crippen molar-refractivity contribution >= 4 is 17.1 Å². The fourth-order valence-corrected chi connectivity index (χ4v) is 1.59. The van der Waals surface area contributed by atoms with Gasteiger partial charge in [-0.2, -0.15) is 5.11 Å². The molecule has 2 aromatic carbocycles. The topological polar surface area (TPSA) is 67.9 Å². The summed E-state index contributed by atoms with van der Waals surface area (Å²) >= 11 is 0. The third kappa shape index (κ3) is 3.22. The highest BCUT2D eigenvalue weighted by Gasteiger charge is 2.13. The van der Waals surface area contributed by atoms with Crippen LogP contribution < -0.4 is 0 Å². The van der Waals surface area contributed by atoms with Crippen molar-refractivity contribution in [1.82, 2.24) is 0 Å². The number of benzene rings is 2. The van der Waals surface area contributed by atoms with Gasteiger partial charge >= 0.3 is 0 Å². The molecule has 0 amide bonds. The Balaban J connectivity index is 2.32. The summed E-state index contributed by atoms with van der Waals surface area (Å²) in [4.78, 5) is 10.5. The normalized spacial score (nSPS) is 10.8. The molecule has 0 aromatic heterocycles. The van der Waals surface area contributed by atoms with Crippen molar-refractivity contribution in [2.45, 2.75) is 13.8 Å². The molecular formula is C14H13N3O2. The Morgan fingerprint density at radius 1 is 0.947 bits per heavy atom. The predicted molar refractivity (Wildman–Crippen MR) is 73.2 cm³/mol. The average Bonchev–Trinajstić information content (AvgIpc) is 2.39. The van der Waals surface area contributed by atoms with E-state index in [-0.39, 0.29) is 11.4 Å². The third-order valence-corrected chi connectivity index (χ3v) is 2.63. The lowest BCUT2D eigenvalue weighted by Gasteiger charge is -1.98. The lowest BCUT2D eigenvalue weighted by atomic mass is 10.2. The second kappa shape index (κ2) is 5.39. The molecule has 0 radical (unpaired) electrons. The van der Waals surface area contributed by atoms with Crippen LogP contribution in [0.4, 0.5) is 17.1 Å². The van der Waals surface area contributed by atoms with E-state index in [1.54, 1.807) is 19.1 Å². The van der Waals surface area contributed by atoms with Crippen LogP contribution in [0.15, 0.2) is 52.7 Å². The summed E-state index contributed by atoms with van der Waals surface area (Å²) in [6.07, 6.45) is 0. The van der Waals surface area contributed by atoms with Crippen LogP contribution in [0.25, 0.3) is 0 Å². The monoisotopic (exact) mass is 255 g/mol. The molecule has 5 nitrogen and oxygen atoms in total. The van der Waals surface area contributed by atoms with E-state index in [9.17, 15) is 10.1 Å². The van der Waals surface area contributed by atoms with E-state index in [1.807, 2.05) is 31.2 Å². The maximum atomic E-state index is 10.9. The van der Waals surface area contributed by atoms with Crippen LogP contribution >= 0.6 is 0 Å². The Hall–Kier alpha value is -2.56. The summed E-state index contributed by atoms with van der Waals surface area (Å²) in [6.45, 7) is 3.78. The smallest absolute Gasteiger partial charge is 0.258 e. The fraction of sp³-hybridized carbons (Fsp3) is 0.143. The van der Waals surface area contributed by atoms with Crippen molar-refractivity contribution in [3.8, 4) is 0 Å². The van der Waals surface area contributed by atoms with E-state index in [2.05, 4.69) is 10.2 Å². The number of aryl methyl sites for hydroxylation is 2. The molecule has 0 atom stereocenters. The first-order valence-electron chi connectivity index (χ1n) is 5.80. The molecule has 0 saturated heterocycles. The van der Waals surface area contributed by atoms with Gasteiger partial charge in [0.25, 0.3) is 5.69 Å². The Bertz CT molecular complexity index is 634. The van der Waals surface area contributed by atoms with Gasteiger partial charge in [-0.05, 0) is 37.6 Å². The van der Waals surface area contributed by atoms with Gasteiger partial charge in [0.2, 0.25) is 0 Å². The first kappa shape index (κ1) is 12.9. The largest absolute Gasteiger partial charge is 0.296 e. The summed E-state index contributed by atoms with van der Waals surface area (Å²) in [5, 5.41) is 18.9. The standard InChI is InChI=1S/C14H13N3O2/c1-10-3-6-12(7-4-10)15-16-13-8-5-11(2)9-14(13)17(18)19/h3-9H,1-2H3. The molecule has 2 aromatic rings. The van der Waals surface area contributed by atoms with E-state index in [0.29, 0.717) is 5.69 Å². The number of nitrogens with zero attached hydrogens (tertiary/aromatic N) is 3. The van der Waals surface area contributed by atoms with Crippen LogP contribution in [0, 0.1) is 24.0 Å². The van der Waals surface area contributed by atoms with Gasteiger partial charge in [-0.3, -0.25) is 10.1 Å². The van der Waals surface area contributed by atoms with Gasteiger partial charge < -0.3 is 0 Å². The first-order chi connectivity index (χ1) is 9.06. The van der Waals surface area contributed by atoms with E-state index < -0.39 is 4.92 Å². The minimum absolute atomic E-state index is 0.0316. The van der Waals surface area contributed by atoms with Crippen LogP contribution in [0.3, 0.4) is 0 Å². The molecule has 19 heavy (non-hydrogen) atoms. The number of nitro groups is 1. The maximum Gasteiger partial charge on any atom is 0.296 e. The number of rotatable bonds is 3. The van der Waals surface area contributed by atoms with Crippen molar-refractivity contribution in [1.29, 1.82) is 0 Å². The van der Waals surface area contributed by atoms with Crippen molar-refractivity contribution in [3.05, 3.63) is 63.7 Å². The summed E-state index contributed by atoms with van der Waals surface area (Å²) in [6, 6.07) is 12.3. The summed E-state index contributed by atoms with van der Waals surface area (Å²) in [5.41, 5.74) is 2.84. The van der Waals surface area contributed by atoms with Gasteiger partial charge in [-0.1, -0.05) is 23.8 Å². The van der Waals surface area contributed by atoms with Crippen LogP contribution in [0.5, 0.6) is 0 Å². The minimum atomic E-state index is -0.448. The van der Waals surface area contributed by atoms with Crippen molar-refractivity contribution in [3.63, 3.8) is 0 Å². The fourth-order valence-electron chi connectivity index (χ4n) is 1.59. The zero-order valence-corrected chi connectivity index (χ0v) is 10.7. The maximum absolute atomic E-state index is 10.9. The molecule has 0 unspecified atom stereocenters. The van der Waals surface area contributed by atoms with E-state index in [0.717, 1.165) is 11.1 Å². The quantitative estimate of drug-likeness (QED) is 0.456. The molecule has 0 aliphatic carbocycles. The highest BCUT2D eigenvalue weighted by atomic mass is 16.6. The number of hydrogen-bond donors (Lipinski definition) is 0. The Kier molecular flexibility index (Phi) is 3.66. The number of nitro benzene ring substituents is 1. The molecule has 0 spiro atoms. The molecule has 2 rings (SSSR count). The lowest BCUT2D eigenvalue weighted by Crippen LogP contribution is -1.88. The minimum Gasteiger partial charge on any atom is -0.258 e. The third-order valence-electron chi connectivity index (χ3n) is 2.63. The molecule has 0 aliphatic heterocycles. The summed E-state index contributed by atoms with van der Waals surface area (Å²) in [5.74, 6) is 0. The highest BCUT2D eigenvalue weighted by Crippen LogP contribution is 2.29. The van der Waals surface area contributed by atoms with Gasteiger partial charge in [0, 0.05) is 6.07 Å². The average molecular weight is 255 g/mol. The number of azo groups is 1. The van der Waals surface area contributed by atoms with Gasteiger partial charge in [0.1, 0.15) is 0 Å². The SMILES string of the molecule is Cc1ccc(N=Nc2ccc(C)cc2[N+](=O)[O-])cc1. The second-order valence-electron chi connectivity index (χ2n) is 4.28. The van der Waals surface area contributed by atoms with Gasteiger partial charge in [-0.25, -0.2) is 0 Å². The van der Waals surface area contributed by atoms with Crippen LogP contribution in [0.1, 0.15) is 11.1 Å². The van der Waals surface area contributed by atoms with Crippen LogP contribution in [0.2, 0.25) is 0 Å². The predicted octanol–water partition coefficient (Wildman–Crippen LogP) is 4.63. The Labute approximate surface area is 110 Å². The van der Waals surface area contributed by atoms with E-state index >= 15 is 0 Å². The number of hydrogen-bond acceptors (Lipinski definition) is 4. The lowest BCUT2D eigenvalue weighted by molar-refractivity contribution is -0.384. The molecule has 0 bridgehead atoms. The molecule has 0 fully saturated rings. The molecular weight excluding hydrogens is 242 g/mol. The summed E-state index contributed by atoms with van der Waals surface area (Å²) < 4.78 is 0. The zero-order chi connectivity index (χ0) is 13.8. The first-order valence-corrected chi connectivity index (χ1v) is 5.80. The highest BCUT2D eigenvalue weighted by molar-refractivity contribution is 5.58. The van der Waals surface area contributed by atoms with Crippen molar-refractivity contribution < 1.29 is 4.92 Å². The molecule has 5 heteroatoms. The summed E-state index contributed by atoms with van der Waals surface area (Å²) in [7, 11) is 0. The Morgan fingerprint density at radius 2 is 1.58 bits per heavy atom. The van der Waals surface area contributed by atoms with Gasteiger partial charge in [-0.15, -0.1) is 5.11 Å². The molecule has 0 heterocycles. The van der Waals surface area contributed by atoms with E-state index in [4.69, 9.17) is 0 Å². The molecule has 0 saturated carbocycles. The second-order valence-corrected chi connectivity index (χ2v) is 4.28. The van der Waals surface area contributed by atoms with Crippen LogP contribution in [-0.4, -0.2) is 4.92 Å². The molecule has 0 N–H and O–H groups in total.